The number of carbonyl (C=O) groups excluding carboxylic acids is 1. The molecule has 4 nitrogen and oxygen atoms in total. The first-order valence-corrected chi connectivity index (χ1v) is 7.93. The number of aryl methyl sites for hydroxylation is 2. The molecule has 20 heavy (non-hydrogen) atoms. The standard InChI is InChI=1S/C14H18N2O2S2/c1-7-11(16-8(2)20-7)9-6-19-12(15)10(9)13(17)18-14(3,4)5/h6H,15H2,1-5H3. The van der Waals surface area contributed by atoms with Gasteiger partial charge in [-0.3, -0.25) is 0 Å². The Hall–Kier alpha value is -1.40. The summed E-state index contributed by atoms with van der Waals surface area (Å²) in [5, 5.41) is 3.31. The van der Waals surface area contributed by atoms with Gasteiger partial charge >= 0.3 is 5.97 Å². The number of thiazole rings is 1. The lowest BCUT2D eigenvalue weighted by Gasteiger charge is -2.19. The quantitative estimate of drug-likeness (QED) is 0.851. The van der Waals surface area contributed by atoms with Gasteiger partial charge in [0.25, 0.3) is 0 Å². The number of anilines is 1. The zero-order valence-corrected chi connectivity index (χ0v) is 13.9. The van der Waals surface area contributed by atoms with Crippen LogP contribution in [0.5, 0.6) is 0 Å². The fourth-order valence-electron chi connectivity index (χ4n) is 1.87. The van der Waals surface area contributed by atoms with Crippen molar-refractivity contribution < 1.29 is 9.53 Å². The molecule has 0 bridgehead atoms. The Morgan fingerprint density at radius 2 is 2.00 bits per heavy atom. The van der Waals surface area contributed by atoms with Gasteiger partial charge in [0.2, 0.25) is 0 Å². The van der Waals surface area contributed by atoms with E-state index in [4.69, 9.17) is 10.5 Å². The lowest BCUT2D eigenvalue weighted by atomic mass is 10.1. The largest absolute Gasteiger partial charge is 0.456 e. The first kappa shape index (κ1) is 15.0. The third-order valence-corrected chi connectivity index (χ3v) is 4.28. The van der Waals surface area contributed by atoms with Gasteiger partial charge in [0.05, 0.1) is 10.7 Å². The smallest absolute Gasteiger partial charge is 0.342 e. The maximum atomic E-state index is 12.3. The fraction of sp³-hybridized carbons (Fsp3) is 0.429. The Bertz CT molecular complexity index is 651. The van der Waals surface area contributed by atoms with Crippen LogP contribution in [0.2, 0.25) is 0 Å². The molecule has 0 aliphatic rings. The Morgan fingerprint density at radius 3 is 2.50 bits per heavy atom. The van der Waals surface area contributed by atoms with Crippen LogP contribution in [0.1, 0.15) is 41.0 Å². The predicted molar refractivity (Wildman–Crippen MR) is 84.5 cm³/mol. The van der Waals surface area contributed by atoms with Crippen molar-refractivity contribution in [2.75, 3.05) is 5.73 Å². The second-order valence-electron chi connectivity index (χ2n) is 5.53. The molecule has 0 spiro atoms. The summed E-state index contributed by atoms with van der Waals surface area (Å²) in [6.07, 6.45) is 0. The van der Waals surface area contributed by atoms with E-state index in [0.29, 0.717) is 10.6 Å². The highest BCUT2D eigenvalue weighted by Crippen LogP contribution is 2.37. The minimum absolute atomic E-state index is 0.392. The van der Waals surface area contributed by atoms with Gasteiger partial charge in [-0.05, 0) is 34.6 Å². The number of nitrogens with zero attached hydrogens (tertiary/aromatic N) is 1. The molecule has 2 rings (SSSR count). The van der Waals surface area contributed by atoms with Crippen molar-refractivity contribution >= 4 is 33.6 Å². The minimum atomic E-state index is -0.546. The number of nitrogens with two attached hydrogens (primary N) is 1. The number of aromatic nitrogens is 1. The van der Waals surface area contributed by atoms with Crippen LogP contribution in [-0.2, 0) is 4.74 Å². The van der Waals surface area contributed by atoms with E-state index in [1.165, 1.54) is 11.3 Å². The molecule has 2 heterocycles. The number of ether oxygens (including phenoxy) is 1. The topological polar surface area (TPSA) is 65.2 Å². The summed E-state index contributed by atoms with van der Waals surface area (Å²) in [5.74, 6) is -0.392. The van der Waals surface area contributed by atoms with E-state index in [1.54, 1.807) is 11.3 Å². The van der Waals surface area contributed by atoms with Crippen molar-refractivity contribution in [3.8, 4) is 11.3 Å². The molecule has 0 amide bonds. The molecule has 0 saturated carbocycles. The van der Waals surface area contributed by atoms with E-state index >= 15 is 0 Å². The Balaban J connectivity index is 2.48. The predicted octanol–water partition coefficient (Wildman–Crippen LogP) is 4.03. The lowest BCUT2D eigenvalue weighted by Crippen LogP contribution is -2.24. The summed E-state index contributed by atoms with van der Waals surface area (Å²) in [7, 11) is 0. The van der Waals surface area contributed by atoms with Crippen molar-refractivity contribution in [3.63, 3.8) is 0 Å². The van der Waals surface area contributed by atoms with Gasteiger partial charge in [-0.1, -0.05) is 0 Å². The zero-order valence-electron chi connectivity index (χ0n) is 12.2. The molecule has 0 aliphatic heterocycles. The van der Waals surface area contributed by atoms with Gasteiger partial charge in [-0.15, -0.1) is 22.7 Å². The normalized spacial score (nSPS) is 11.7. The van der Waals surface area contributed by atoms with Crippen LogP contribution in [-0.4, -0.2) is 16.6 Å². The Labute approximate surface area is 126 Å². The maximum Gasteiger partial charge on any atom is 0.342 e. The monoisotopic (exact) mass is 310 g/mol. The number of rotatable bonds is 2. The molecule has 6 heteroatoms. The second kappa shape index (κ2) is 5.18. The van der Waals surface area contributed by atoms with Crippen molar-refractivity contribution in [3.05, 3.63) is 20.8 Å². The third-order valence-electron chi connectivity index (χ3n) is 2.58. The average molecular weight is 310 g/mol. The summed E-state index contributed by atoms with van der Waals surface area (Å²) in [4.78, 5) is 17.9. The number of nitrogen functional groups attached to an aromatic ring is 1. The SMILES string of the molecule is Cc1nc(-c2csc(N)c2C(=O)OC(C)(C)C)c(C)s1. The first-order valence-electron chi connectivity index (χ1n) is 6.24. The molecule has 0 fully saturated rings. The fourth-order valence-corrected chi connectivity index (χ4v) is 3.48. The summed E-state index contributed by atoms with van der Waals surface area (Å²) in [6, 6.07) is 0. The van der Waals surface area contributed by atoms with Crippen LogP contribution in [0.4, 0.5) is 5.00 Å². The molecule has 2 aromatic heterocycles. The molecule has 2 N–H and O–H groups in total. The summed E-state index contributed by atoms with van der Waals surface area (Å²) in [5.41, 5.74) is 7.42. The molecule has 0 radical (unpaired) electrons. The zero-order chi connectivity index (χ0) is 15.1. The molecule has 0 atom stereocenters. The highest BCUT2D eigenvalue weighted by Gasteiger charge is 2.26. The van der Waals surface area contributed by atoms with E-state index in [0.717, 1.165) is 21.1 Å². The van der Waals surface area contributed by atoms with Gasteiger partial charge in [0.1, 0.15) is 16.2 Å². The number of hydrogen-bond acceptors (Lipinski definition) is 6. The minimum Gasteiger partial charge on any atom is -0.456 e. The van der Waals surface area contributed by atoms with Gasteiger partial charge in [-0.2, -0.15) is 0 Å². The van der Waals surface area contributed by atoms with E-state index in [2.05, 4.69) is 4.98 Å². The summed E-state index contributed by atoms with van der Waals surface area (Å²) < 4.78 is 5.44. The van der Waals surface area contributed by atoms with E-state index in [1.807, 2.05) is 40.0 Å². The Kier molecular flexibility index (Phi) is 3.88. The molecule has 2 aromatic rings. The molecule has 0 unspecified atom stereocenters. The van der Waals surface area contributed by atoms with Crippen LogP contribution in [0.3, 0.4) is 0 Å². The summed E-state index contributed by atoms with van der Waals surface area (Å²) >= 11 is 2.95. The average Bonchev–Trinajstić information content (AvgIpc) is 2.79. The van der Waals surface area contributed by atoms with E-state index in [-0.39, 0.29) is 0 Å². The van der Waals surface area contributed by atoms with Crippen LogP contribution in [0.15, 0.2) is 5.38 Å². The lowest BCUT2D eigenvalue weighted by molar-refractivity contribution is 0.00722. The molecule has 108 valence electrons. The van der Waals surface area contributed by atoms with Crippen LogP contribution in [0, 0.1) is 13.8 Å². The number of hydrogen-bond donors (Lipinski definition) is 1. The van der Waals surface area contributed by atoms with Crippen molar-refractivity contribution in [1.82, 2.24) is 4.98 Å². The molecule has 0 aliphatic carbocycles. The van der Waals surface area contributed by atoms with Crippen LogP contribution < -0.4 is 5.73 Å². The van der Waals surface area contributed by atoms with Gasteiger partial charge in [0.15, 0.2) is 0 Å². The van der Waals surface area contributed by atoms with Crippen molar-refractivity contribution in [1.29, 1.82) is 0 Å². The van der Waals surface area contributed by atoms with E-state index < -0.39 is 11.6 Å². The molecular weight excluding hydrogens is 292 g/mol. The van der Waals surface area contributed by atoms with Gasteiger partial charge in [0, 0.05) is 15.8 Å². The highest BCUT2D eigenvalue weighted by atomic mass is 32.1. The number of esters is 1. The third kappa shape index (κ3) is 3.02. The van der Waals surface area contributed by atoms with Crippen molar-refractivity contribution in [2.24, 2.45) is 0 Å². The molecule has 0 saturated heterocycles. The first-order chi connectivity index (χ1) is 9.19. The Morgan fingerprint density at radius 1 is 1.35 bits per heavy atom. The highest BCUT2D eigenvalue weighted by molar-refractivity contribution is 7.15. The van der Waals surface area contributed by atoms with Crippen LogP contribution in [0.25, 0.3) is 11.3 Å². The second-order valence-corrected chi connectivity index (χ2v) is 7.85. The number of thiophene rings is 1. The van der Waals surface area contributed by atoms with Gasteiger partial charge < -0.3 is 10.5 Å². The molecule has 0 aromatic carbocycles. The van der Waals surface area contributed by atoms with Gasteiger partial charge in [-0.25, -0.2) is 9.78 Å². The summed E-state index contributed by atoms with van der Waals surface area (Å²) in [6.45, 7) is 9.46. The van der Waals surface area contributed by atoms with Crippen LogP contribution >= 0.6 is 22.7 Å². The van der Waals surface area contributed by atoms with Crippen molar-refractivity contribution in [2.45, 2.75) is 40.2 Å². The molecular formula is C14H18N2O2S2. The van der Waals surface area contributed by atoms with E-state index in [9.17, 15) is 4.79 Å². The number of carbonyl (C=O) groups is 1. The maximum absolute atomic E-state index is 12.3.